The van der Waals surface area contributed by atoms with Gasteiger partial charge in [-0.25, -0.2) is 0 Å². The summed E-state index contributed by atoms with van der Waals surface area (Å²) in [4.78, 5) is 10.8. The highest BCUT2D eigenvalue weighted by Crippen LogP contribution is 2.33. The Morgan fingerprint density at radius 3 is 2.20 bits per heavy atom. The molecule has 0 saturated carbocycles. The van der Waals surface area contributed by atoms with E-state index in [9.17, 15) is 18.0 Å². The molecule has 0 heterocycles. The topological polar surface area (TPSA) is 17.1 Å². The first-order chi connectivity index (χ1) is 9.52. The molecule has 104 valence electrons. The second-order valence-electron chi connectivity index (χ2n) is 4.49. The third-order valence-electron chi connectivity index (χ3n) is 3.15. The average Bonchev–Trinajstić information content (AvgIpc) is 2.45. The van der Waals surface area contributed by atoms with Crippen LogP contribution in [0.3, 0.4) is 0 Å². The van der Waals surface area contributed by atoms with Crippen LogP contribution in [0, 0.1) is 0 Å². The fourth-order valence-electron chi connectivity index (χ4n) is 2.18. The van der Waals surface area contributed by atoms with E-state index in [2.05, 4.69) is 0 Å². The van der Waals surface area contributed by atoms with Crippen molar-refractivity contribution >= 4 is 6.29 Å². The van der Waals surface area contributed by atoms with E-state index in [-0.39, 0.29) is 12.3 Å². The summed E-state index contributed by atoms with van der Waals surface area (Å²) in [6.45, 7) is 0. The van der Waals surface area contributed by atoms with Gasteiger partial charge in [-0.2, -0.15) is 13.2 Å². The second kappa shape index (κ2) is 5.90. The maximum atomic E-state index is 12.8. The van der Waals surface area contributed by atoms with Gasteiger partial charge in [0.05, 0.1) is 5.56 Å². The number of hydrogen-bond acceptors (Lipinski definition) is 1. The van der Waals surface area contributed by atoms with E-state index in [0.717, 1.165) is 24.0 Å². The van der Waals surface area contributed by atoms with Crippen LogP contribution >= 0.6 is 0 Å². The van der Waals surface area contributed by atoms with E-state index in [1.165, 1.54) is 6.07 Å². The third kappa shape index (κ3) is 3.26. The van der Waals surface area contributed by atoms with E-state index in [1.807, 2.05) is 18.2 Å². The second-order valence-corrected chi connectivity index (χ2v) is 4.49. The van der Waals surface area contributed by atoms with Gasteiger partial charge in [-0.1, -0.05) is 48.5 Å². The first kappa shape index (κ1) is 14.3. The molecule has 0 radical (unpaired) electrons. The Balaban J connectivity index is 2.43. The van der Waals surface area contributed by atoms with Gasteiger partial charge in [-0.3, -0.25) is 0 Å². The van der Waals surface area contributed by atoms with Gasteiger partial charge in [0.1, 0.15) is 6.29 Å². The zero-order valence-electron chi connectivity index (χ0n) is 10.6. The van der Waals surface area contributed by atoms with Crippen LogP contribution in [0.4, 0.5) is 13.2 Å². The van der Waals surface area contributed by atoms with Crippen molar-refractivity contribution in [3.8, 4) is 0 Å². The largest absolute Gasteiger partial charge is 0.416 e. The van der Waals surface area contributed by atoms with Crippen molar-refractivity contribution in [1.82, 2.24) is 0 Å². The first-order valence-electron chi connectivity index (χ1n) is 6.18. The number of carbonyl (C=O) groups is 1. The van der Waals surface area contributed by atoms with Crippen LogP contribution < -0.4 is 0 Å². The molecule has 0 amide bonds. The molecule has 0 fully saturated rings. The molecule has 0 aliphatic heterocycles. The van der Waals surface area contributed by atoms with Crippen LogP contribution in [0.25, 0.3) is 0 Å². The van der Waals surface area contributed by atoms with Crippen molar-refractivity contribution in [2.24, 2.45) is 0 Å². The average molecular weight is 278 g/mol. The SMILES string of the molecule is O=CC[C@@H](c1ccccc1)c1cccc(C(F)(F)F)c1. The van der Waals surface area contributed by atoms with Gasteiger partial charge in [0.25, 0.3) is 0 Å². The normalized spacial score (nSPS) is 12.9. The Morgan fingerprint density at radius 1 is 0.950 bits per heavy atom. The summed E-state index contributed by atoms with van der Waals surface area (Å²) in [5, 5.41) is 0. The smallest absolute Gasteiger partial charge is 0.303 e. The van der Waals surface area contributed by atoms with E-state index >= 15 is 0 Å². The van der Waals surface area contributed by atoms with Gasteiger partial charge in [-0.05, 0) is 17.2 Å². The Morgan fingerprint density at radius 2 is 1.60 bits per heavy atom. The highest BCUT2D eigenvalue weighted by Gasteiger charge is 2.31. The summed E-state index contributed by atoms with van der Waals surface area (Å²) >= 11 is 0. The maximum absolute atomic E-state index is 12.8. The van der Waals surface area contributed by atoms with Crippen LogP contribution in [-0.2, 0) is 11.0 Å². The highest BCUT2D eigenvalue weighted by molar-refractivity contribution is 5.54. The molecular weight excluding hydrogens is 265 g/mol. The fourth-order valence-corrected chi connectivity index (χ4v) is 2.18. The molecule has 2 aromatic rings. The molecule has 20 heavy (non-hydrogen) atoms. The molecule has 4 heteroatoms. The Kier molecular flexibility index (Phi) is 4.23. The minimum atomic E-state index is -4.38. The molecular formula is C16H13F3O. The minimum absolute atomic E-state index is 0.158. The minimum Gasteiger partial charge on any atom is -0.303 e. The van der Waals surface area contributed by atoms with Crippen molar-refractivity contribution in [2.45, 2.75) is 18.5 Å². The van der Waals surface area contributed by atoms with Gasteiger partial charge in [-0.15, -0.1) is 0 Å². The van der Waals surface area contributed by atoms with Crippen molar-refractivity contribution in [2.75, 3.05) is 0 Å². The summed E-state index contributed by atoms with van der Waals surface area (Å²) in [5.74, 6) is -0.351. The molecule has 0 N–H and O–H groups in total. The Labute approximate surface area is 115 Å². The van der Waals surface area contributed by atoms with Gasteiger partial charge in [0.2, 0.25) is 0 Å². The zero-order chi connectivity index (χ0) is 14.6. The number of rotatable bonds is 4. The zero-order valence-corrected chi connectivity index (χ0v) is 10.6. The predicted molar refractivity (Wildman–Crippen MR) is 70.4 cm³/mol. The molecule has 0 spiro atoms. The molecule has 1 nitrogen and oxygen atoms in total. The Bertz CT molecular complexity index is 576. The lowest BCUT2D eigenvalue weighted by molar-refractivity contribution is -0.137. The molecule has 1 atom stereocenters. The van der Waals surface area contributed by atoms with Crippen LogP contribution in [0.5, 0.6) is 0 Å². The number of aldehydes is 1. The maximum Gasteiger partial charge on any atom is 0.416 e. The monoisotopic (exact) mass is 278 g/mol. The lowest BCUT2D eigenvalue weighted by atomic mass is 9.88. The summed E-state index contributed by atoms with van der Waals surface area (Å²) < 4.78 is 38.3. The Hall–Kier alpha value is -2.10. The van der Waals surface area contributed by atoms with Crippen LogP contribution in [0.2, 0.25) is 0 Å². The van der Waals surface area contributed by atoms with Crippen molar-refractivity contribution in [1.29, 1.82) is 0 Å². The molecule has 0 bridgehead atoms. The summed E-state index contributed by atoms with van der Waals surface area (Å²) in [6.07, 6.45) is -3.48. The number of carbonyl (C=O) groups excluding carboxylic acids is 1. The third-order valence-corrected chi connectivity index (χ3v) is 3.15. The summed E-state index contributed by atoms with van der Waals surface area (Å²) in [7, 11) is 0. The van der Waals surface area contributed by atoms with Crippen LogP contribution in [-0.4, -0.2) is 6.29 Å². The summed E-state index contributed by atoms with van der Waals surface area (Å²) in [5.41, 5.74) is 0.638. The number of benzene rings is 2. The fraction of sp³-hybridized carbons (Fsp3) is 0.188. The van der Waals surface area contributed by atoms with Crippen molar-refractivity contribution in [3.05, 3.63) is 71.3 Å². The lowest BCUT2D eigenvalue weighted by Crippen LogP contribution is -2.08. The molecule has 0 aliphatic carbocycles. The molecule has 0 aromatic heterocycles. The van der Waals surface area contributed by atoms with E-state index in [1.54, 1.807) is 18.2 Å². The highest BCUT2D eigenvalue weighted by atomic mass is 19.4. The molecule has 0 unspecified atom stereocenters. The van der Waals surface area contributed by atoms with Crippen molar-refractivity contribution < 1.29 is 18.0 Å². The van der Waals surface area contributed by atoms with Gasteiger partial charge in [0, 0.05) is 12.3 Å². The van der Waals surface area contributed by atoms with Crippen LogP contribution in [0.1, 0.15) is 29.0 Å². The molecule has 0 saturated heterocycles. The first-order valence-corrected chi connectivity index (χ1v) is 6.18. The molecule has 0 aliphatic rings. The van der Waals surface area contributed by atoms with E-state index in [4.69, 9.17) is 0 Å². The lowest BCUT2D eigenvalue weighted by Gasteiger charge is -2.17. The number of halogens is 3. The van der Waals surface area contributed by atoms with Crippen LogP contribution in [0.15, 0.2) is 54.6 Å². The van der Waals surface area contributed by atoms with Crippen molar-refractivity contribution in [3.63, 3.8) is 0 Å². The molecule has 2 rings (SSSR count). The molecule has 2 aromatic carbocycles. The van der Waals surface area contributed by atoms with Gasteiger partial charge < -0.3 is 4.79 Å². The van der Waals surface area contributed by atoms with E-state index in [0.29, 0.717) is 5.56 Å². The summed E-state index contributed by atoms with van der Waals surface area (Å²) in [6, 6.07) is 14.2. The van der Waals surface area contributed by atoms with E-state index < -0.39 is 11.7 Å². The number of alkyl halides is 3. The van der Waals surface area contributed by atoms with Gasteiger partial charge >= 0.3 is 6.18 Å². The van der Waals surface area contributed by atoms with Gasteiger partial charge in [0.15, 0.2) is 0 Å². The standard InChI is InChI=1S/C16H13F3O/c17-16(18,19)14-8-4-7-13(11-14)15(9-10-20)12-5-2-1-3-6-12/h1-8,10-11,15H,9H2/t15-/m0/s1. The number of hydrogen-bond donors (Lipinski definition) is 0. The quantitative estimate of drug-likeness (QED) is 0.756. The predicted octanol–water partition coefficient (Wildman–Crippen LogP) is 4.43.